The number of aromatic nitrogens is 2. The fourth-order valence-corrected chi connectivity index (χ4v) is 6.15. The lowest BCUT2D eigenvalue weighted by Gasteiger charge is -2.29. The van der Waals surface area contributed by atoms with Gasteiger partial charge in [-0.3, -0.25) is 4.98 Å². The maximum Gasteiger partial charge on any atom is 0.174 e. The third-order valence-corrected chi connectivity index (χ3v) is 8.17. The summed E-state index contributed by atoms with van der Waals surface area (Å²) in [4.78, 5) is 6.97. The zero-order chi connectivity index (χ0) is 27.8. The molecule has 0 spiro atoms. The Balaban J connectivity index is 1.44. The number of rotatable bonds is 6. The first kappa shape index (κ1) is 25.8. The standard InChI is InChI=1S/C34H32N4OS/c1-22-12-8-9-16-30(22)39-28-19-17-27(18-20-28)38-33(32(36-34(38)40)29-15-10-11-21-35-29)31-23(2)24(3)37(25(31)4)26-13-6-5-7-14-26/h5-21,32-33H,1-4H3,(H,36,40)/t32-,33-/m0/s1. The van der Waals surface area contributed by atoms with Crippen LogP contribution in [0.3, 0.4) is 0 Å². The Bertz CT molecular complexity index is 1660. The monoisotopic (exact) mass is 544 g/mol. The van der Waals surface area contributed by atoms with Crippen molar-refractivity contribution in [2.75, 3.05) is 4.90 Å². The number of aryl methyl sites for hydroxylation is 1. The molecule has 200 valence electrons. The number of thiocarbonyl (C=S) groups is 1. The van der Waals surface area contributed by atoms with Crippen molar-refractivity contribution < 1.29 is 4.74 Å². The number of pyridine rings is 1. The van der Waals surface area contributed by atoms with Crippen LogP contribution in [-0.4, -0.2) is 14.7 Å². The fraction of sp³-hybridized carbons (Fsp3) is 0.176. The van der Waals surface area contributed by atoms with Gasteiger partial charge in [-0.25, -0.2) is 0 Å². The second-order valence-electron chi connectivity index (χ2n) is 10.2. The van der Waals surface area contributed by atoms with Gasteiger partial charge in [0.1, 0.15) is 11.5 Å². The zero-order valence-corrected chi connectivity index (χ0v) is 23.9. The minimum atomic E-state index is -0.111. The van der Waals surface area contributed by atoms with E-state index in [0.29, 0.717) is 5.11 Å². The molecule has 1 aliphatic heterocycles. The van der Waals surface area contributed by atoms with Crippen molar-refractivity contribution in [1.29, 1.82) is 0 Å². The smallest absolute Gasteiger partial charge is 0.174 e. The number of anilines is 1. The van der Waals surface area contributed by atoms with E-state index in [1.807, 2.05) is 48.7 Å². The number of hydrogen-bond acceptors (Lipinski definition) is 3. The second kappa shape index (κ2) is 10.6. The summed E-state index contributed by atoms with van der Waals surface area (Å²) >= 11 is 6.00. The van der Waals surface area contributed by atoms with Crippen LogP contribution in [0.2, 0.25) is 0 Å². The van der Waals surface area contributed by atoms with Gasteiger partial charge in [0.05, 0.1) is 17.8 Å². The van der Waals surface area contributed by atoms with Crippen LogP contribution in [0, 0.1) is 27.7 Å². The predicted octanol–water partition coefficient (Wildman–Crippen LogP) is 8.08. The Morgan fingerprint density at radius 3 is 2.15 bits per heavy atom. The summed E-state index contributed by atoms with van der Waals surface area (Å²) in [5.41, 5.74) is 9.13. The van der Waals surface area contributed by atoms with Crippen LogP contribution in [-0.2, 0) is 0 Å². The average molecular weight is 545 g/mol. The van der Waals surface area contributed by atoms with Gasteiger partial charge in [-0.15, -0.1) is 0 Å². The number of nitrogens with zero attached hydrogens (tertiary/aromatic N) is 3. The van der Waals surface area contributed by atoms with Gasteiger partial charge in [-0.2, -0.15) is 0 Å². The Labute approximate surface area is 241 Å². The molecule has 1 fully saturated rings. The third kappa shape index (κ3) is 4.54. The highest BCUT2D eigenvalue weighted by Gasteiger charge is 2.43. The van der Waals surface area contributed by atoms with Crippen LogP contribution in [0.1, 0.15) is 45.9 Å². The van der Waals surface area contributed by atoms with Crippen LogP contribution in [0.25, 0.3) is 5.69 Å². The van der Waals surface area contributed by atoms with Gasteiger partial charge in [-0.05, 0) is 106 Å². The molecule has 1 aliphatic rings. The topological polar surface area (TPSA) is 42.3 Å². The van der Waals surface area contributed by atoms with Gasteiger partial charge in [0, 0.05) is 34.5 Å². The molecule has 40 heavy (non-hydrogen) atoms. The van der Waals surface area contributed by atoms with E-state index in [0.717, 1.165) is 34.1 Å². The van der Waals surface area contributed by atoms with Gasteiger partial charge in [0.15, 0.2) is 5.11 Å². The van der Waals surface area contributed by atoms with E-state index in [4.69, 9.17) is 21.9 Å². The molecule has 3 heterocycles. The molecule has 5 nitrogen and oxygen atoms in total. The molecule has 0 aliphatic carbocycles. The summed E-state index contributed by atoms with van der Waals surface area (Å²) in [6, 6.07) is 32.6. The molecule has 0 amide bonds. The van der Waals surface area contributed by atoms with Crippen molar-refractivity contribution in [2.24, 2.45) is 0 Å². The Morgan fingerprint density at radius 1 is 0.750 bits per heavy atom. The first-order valence-corrected chi connectivity index (χ1v) is 13.9. The first-order valence-electron chi connectivity index (χ1n) is 13.5. The Hall–Kier alpha value is -4.42. The molecular weight excluding hydrogens is 512 g/mol. The molecule has 0 bridgehead atoms. The van der Waals surface area contributed by atoms with Crippen molar-refractivity contribution in [3.05, 3.63) is 137 Å². The van der Waals surface area contributed by atoms with Crippen molar-refractivity contribution in [3.8, 4) is 17.2 Å². The van der Waals surface area contributed by atoms with Gasteiger partial charge < -0.3 is 19.5 Å². The number of benzene rings is 3. The molecule has 2 atom stereocenters. The van der Waals surface area contributed by atoms with Crippen LogP contribution in [0.4, 0.5) is 5.69 Å². The molecule has 0 unspecified atom stereocenters. The van der Waals surface area contributed by atoms with Crippen molar-refractivity contribution in [3.63, 3.8) is 0 Å². The van der Waals surface area contributed by atoms with Gasteiger partial charge in [0.25, 0.3) is 0 Å². The van der Waals surface area contributed by atoms with Crippen LogP contribution in [0.5, 0.6) is 11.5 Å². The van der Waals surface area contributed by atoms with Gasteiger partial charge in [0.2, 0.25) is 0 Å². The van der Waals surface area contributed by atoms with E-state index < -0.39 is 0 Å². The van der Waals surface area contributed by atoms with Crippen molar-refractivity contribution in [1.82, 2.24) is 14.9 Å². The Kier molecular flexibility index (Phi) is 6.86. The molecule has 0 saturated carbocycles. The number of hydrogen-bond donors (Lipinski definition) is 1. The minimum Gasteiger partial charge on any atom is -0.457 e. The van der Waals surface area contributed by atoms with E-state index in [1.54, 1.807) is 0 Å². The largest absolute Gasteiger partial charge is 0.457 e. The second-order valence-corrected chi connectivity index (χ2v) is 10.6. The van der Waals surface area contributed by atoms with E-state index in [1.165, 1.54) is 22.5 Å². The molecule has 0 radical (unpaired) electrons. The molecule has 1 saturated heterocycles. The molecule has 1 N–H and O–H groups in total. The Morgan fingerprint density at radius 2 is 1.45 bits per heavy atom. The molecule has 5 aromatic rings. The first-order chi connectivity index (χ1) is 19.4. The zero-order valence-electron chi connectivity index (χ0n) is 23.1. The predicted molar refractivity (Wildman–Crippen MR) is 166 cm³/mol. The summed E-state index contributed by atoms with van der Waals surface area (Å²) in [6.07, 6.45) is 1.84. The van der Waals surface area contributed by atoms with E-state index in [-0.39, 0.29) is 12.1 Å². The maximum absolute atomic E-state index is 6.18. The van der Waals surface area contributed by atoms with Crippen LogP contribution < -0.4 is 15.0 Å². The van der Waals surface area contributed by atoms with Crippen molar-refractivity contribution in [2.45, 2.75) is 39.8 Å². The molecule has 6 rings (SSSR count). The summed E-state index contributed by atoms with van der Waals surface area (Å²) in [5.74, 6) is 1.64. The van der Waals surface area contributed by atoms with Gasteiger partial charge in [-0.1, -0.05) is 42.5 Å². The van der Waals surface area contributed by atoms with Gasteiger partial charge >= 0.3 is 0 Å². The van der Waals surface area contributed by atoms with Crippen molar-refractivity contribution >= 4 is 23.0 Å². The minimum absolute atomic E-state index is 0.0887. The number of ether oxygens (including phenoxy) is 1. The number of para-hydroxylation sites is 2. The molecular formula is C34H32N4OS. The lowest BCUT2D eigenvalue weighted by Crippen LogP contribution is -2.29. The summed E-state index contributed by atoms with van der Waals surface area (Å²) in [6.45, 7) is 8.66. The van der Waals surface area contributed by atoms with E-state index in [9.17, 15) is 0 Å². The lowest BCUT2D eigenvalue weighted by molar-refractivity contribution is 0.479. The SMILES string of the molecule is Cc1ccccc1Oc1ccc(N2C(=S)N[C@@H](c3ccccn3)[C@@H]2c2c(C)c(C)n(-c3ccccc3)c2C)cc1. The van der Waals surface area contributed by atoms with E-state index >= 15 is 0 Å². The highest BCUT2D eigenvalue weighted by molar-refractivity contribution is 7.80. The van der Waals surface area contributed by atoms with Crippen LogP contribution >= 0.6 is 12.2 Å². The summed E-state index contributed by atoms with van der Waals surface area (Å²) < 4.78 is 8.53. The summed E-state index contributed by atoms with van der Waals surface area (Å²) in [7, 11) is 0. The molecule has 3 aromatic carbocycles. The van der Waals surface area contributed by atoms with E-state index in [2.05, 4.69) is 97.1 Å². The average Bonchev–Trinajstić information content (AvgIpc) is 3.42. The third-order valence-electron chi connectivity index (χ3n) is 7.85. The summed E-state index contributed by atoms with van der Waals surface area (Å²) in [5, 5.41) is 4.28. The fourth-order valence-electron chi connectivity index (χ4n) is 5.81. The van der Waals surface area contributed by atoms with Crippen LogP contribution in [0.15, 0.2) is 103 Å². The number of nitrogens with one attached hydrogen (secondary N) is 1. The maximum atomic E-state index is 6.18. The molecule has 6 heteroatoms. The highest BCUT2D eigenvalue weighted by atomic mass is 32.1. The quantitative estimate of drug-likeness (QED) is 0.219. The normalized spacial score (nSPS) is 16.7. The molecule has 2 aromatic heterocycles. The lowest BCUT2D eigenvalue weighted by atomic mass is 9.93. The highest BCUT2D eigenvalue weighted by Crippen LogP contribution is 2.45.